The Morgan fingerprint density at radius 1 is 0.906 bits per heavy atom. The second kappa shape index (κ2) is 10.0. The average Bonchev–Trinajstić information content (AvgIpc) is 2.84. The van der Waals surface area contributed by atoms with Gasteiger partial charge in [0, 0.05) is 28.9 Å². The number of anilines is 2. The highest BCUT2D eigenvalue weighted by Crippen LogP contribution is 2.43. The molecule has 3 nitrogen and oxygen atoms in total. The number of carbonyl (C=O) groups excluding carboxylic acids is 1. The average molecular weight is 427 g/mol. The highest BCUT2D eigenvalue weighted by molar-refractivity contribution is 6.07. The van der Waals surface area contributed by atoms with Crippen LogP contribution in [0, 0.1) is 5.92 Å². The van der Waals surface area contributed by atoms with Crippen LogP contribution in [0.2, 0.25) is 0 Å². The molecule has 166 valence electrons. The van der Waals surface area contributed by atoms with Crippen LogP contribution in [0.25, 0.3) is 0 Å². The molecule has 0 aliphatic carbocycles. The van der Waals surface area contributed by atoms with Crippen molar-refractivity contribution in [3.63, 3.8) is 0 Å². The fourth-order valence-corrected chi connectivity index (χ4v) is 4.96. The van der Waals surface area contributed by atoms with Gasteiger partial charge in [0.15, 0.2) is 0 Å². The van der Waals surface area contributed by atoms with Gasteiger partial charge in [0.25, 0.3) is 5.91 Å². The Labute approximate surface area is 192 Å². The molecule has 4 rings (SSSR count). The maximum Gasteiger partial charge on any atom is 0.258 e. The minimum atomic E-state index is 0.0938. The highest BCUT2D eigenvalue weighted by atomic mass is 16.2. The van der Waals surface area contributed by atoms with E-state index in [1.165, 1.54) is 24.0 Å². The second-order valence-electron chi connectivity index (χ2n) is 8.86. The minimum absolute atomic E-state index is 0.0938. The molecule has 0 aromatic heterocycles. The van der Waals surface area contributed by atoms with E-state index < -0.39 is 0 Å². The number of hydrogen-bond donors (Lipinski definition) is 1. The quantitative estimate of drug-likeness (QED) is 0.431. The molecule has 1 aliphatic heterocycles. The van der Waals surface area contributed by atoms with E-state index in [1.54, 1.807) is 0 Å². The van der Waals surface area contributed by atoms with Crippen molar-refractivity contribution >= 4 is 17.3 Å². The monoisotopic (exact) mass is 426 g/mol. The van der Waals surface area contributed by atoms with Crippen molar-refractivity contribution in [3.05, 3.63) is 95.6 Å². The number of unbranched alkanes of at least 4 members (excludes halogenated alkanes) is 1. The van der Waals surface area contributed by atoms with Crippen LogP contribution < -0.4 is 10.2 Å². The van der Waals surface area contributed by atoms with E-state index in [2.05, 4.69) is 80.7 Å². The van der Waals surface area contributed by atoms with E-state index >= 15 is 0 Å². The molecular formula is C29H34N2O. The number of hydrogen-bond acceptors (Lipinski definition) is 2. The van der Waals surface area contributed by atoms with Gasteiger partial charge in [-0.1, -0.05) is 75.7 Å². The van der Waals surface area contributed by atoms with Crippen molar-refractivity contribution in [2.75, 3.05) is 10.2 Å². The van der Waals surface area contributed by atoms with Gasteiger partial charge < -0.3 is 10.2 Å². The first-order chi connectivity index (χ1) is 15.6. The second-order valence-corrected chi connectivity index (χ2v) is 8.86. The molecule has 3 aromatic carbocycles. The zero-order valence-corrected chi connectivity index (χ0v) is 19.4. The lowest BCUT2D eigenvalue weighted by Crippen LogP contribution is -2.50. The molecule has 0 saturated carbocycles. The summed E-state index contributed by atoms with van der Waals surface area (Å²) in [5.74, 6) is 0.360. The van der Waals surface area contributed by atoms with Gasteiger partial charge in [-0.25, -0.2) is 0 Å². The third-order valence-corrected chi connectivity index (χ3v) is 6.75. The van der Waals surface area contributed by atoms with Gasteiger partial charge in [0.1, 0.15) is 0 Å². The van der Waals surface area contributed by atoms with Crippen LogP contribution in [0.5, 0.6) is 0 Å². The van der Waals surface area contributed by atoms with E-state index in [9.17, 15) is 4.79 Å². The van der Waals surface area contributed by atoms with Gasteiger partial charge in [0.2, 0.25) is 0 Å². The molecule has 1 aliphatic rings. The number of aryl methyl sites for hydroxylation is 1. The summed E-state index contributed by atoms with van der Waals surface area (Å²) >= 11 is 0. The smallest absolute Gasteiger partial charge is 0.258 e. The number of rotatable bonds is 7. The summed E-state index contributed by atoms with van der Waals surface area (Å²) < 4.78 is 0. The van der Waals surface area contributed by atoms with Crippen molar-refractivity contribution in [1.29, 1.82) is 0 Å². The molecule has 3 atom stereocenters. The van der Waals surface area contributed by atoms with Crippen LogP contribution in [-0.4, -0.2) is 11.9 Å². The van der Waals surface area contributed by atoms with Crippen LogP contribution >= 0.6 is 0 Å². The van der Waals surface area contributed by atoms with Crippen molar-refractivity contribution in [1.82, 2.24) is 0 Å². The van der Waals surface area contributed by atoms with E-state index in [4.69, 9.17) is 0 Å². The number of amides is 1. The number of benzene rings is 3. The molecule has 32 heavy (non-hydrogen) atoms. The van der Waals surface area contributed by atoms with Crippen molar-refractivity contribution in [2.24, 2.45) is 5.92 Å². The molecule has 3 aromatic rings. The first-order valence-corrected chi connectivity index (χ1v) is 12.0. The molecule has 0 radical (unpaired) electrons. The number of nitrogens with one attached hydrogen (secondary N) is 1. The molecule has 0 bridgehead atoms. The van der Waals surface area contributed by atoms with Crippen LogP contribution in [0.15, 0.2) is 78.9 Å². The Morgan fingerprint density at radius 2 is 1.59 bits per heavy atom. The molecular weight excluding hydrogens is 392 g/mol. The summed E-state index contributed by atoms with van der Waals surface area (Å²) in [5, 5.41) is 3.74. The molecule has 0 spiro atoms. The van der Waals surface area contributed by atoms with Gasteiger partial charge in [-0.05, 0) is 60.7 Å². The molecule has 0 unspecified atom stereocenters. The summed E-state index contributed by atoms with van der Waals surface area (Å²) in [6, 6.07) is 27.2. The summed E-state index contributed by atoms with van der Waals surface area (Å²) in [6.07, 6.45) is 4.33. The molecule has 1 N–H and O–H groups in total. The number of fused-ring (bicyclic) bond motifs is 1. The molecule has 3 heteroatoms. The lowest BCUT2D eigenvalue weighted by atomic mass is 9.80. The largest absolute Gasteiger partial charge is 0.378 e. The highest BCUT2D eigenvalue weighted by Gasteiger charge is 2.40. The predicted molar refractivity (Wildman–Crippen MR) is 134 cm³/mol. The molecule has 1 amide bonds. The Balaban J connectivity index is 1.68. The number of para-hydroxylation sites is 2. The third-order valence-electron chi connectivity index (χ3n) is 6.75. The zero-order chi connectivity index (χ0) is 22.5. The summed E-state index contributed by atoms with van der Waals surface area (Å²) in [7, 11) is 0. The summed E-state index contributed by atoms with van der Waals surface area (Å²) in [6.45, 7) is 6.65. The van der Waals surface area contributed by atoms with Crippen LogP contribution in [-0.2, 0) is 6.42 Å². The molecule has 0 fully saturated rings. The van der Waals surface area contributed by atoms with E-state index in [-0.39, 0.29) is 23.9 Å². The van der Waals surface area contributed by atoms with Crippen LogP contribution in [0.3, 0.4) is 0 Å². The Kier molecular flexibility index (Phi) is 6.94. The van der Waals surface area contributed by atoms with Crippen LogP contribution in [0.1, 0.15) is 67.6 Å². The van der Waals surface area contributed by atoms with Gasteiger partial charge in [-0.15, -0.1) is 0 Å². The maximum atomic E-state index is 13.8. The van der Waals surface area contributed by atoms with E-state index in [0.29, 0.717) is 0 Å². The minimum Gasteiger partial charge on any atom is -0.378 e. The fourth-order valence-electron chi connectivity index (χ4n) is 4.96. The SMILES string of the molecule is CCCCc1ccc(C(=O)N2c3ccccc3[C@H](Nc3ccccc3)[C@H](C)[C@H]2CC)cc1. The Bertz CT molecular complexity index is 1030. The standard InChI is InChI=1S/C29H34N2O/c1-4-6-12-22-17-19-23(20-18-22)29(32)31-26(5-2)21(3)28(25-15-10-11-16-27(25)31)30-24-13-8-7-9-14-24/h7-11,13-21,26,28,30H,4-6,12H2,1-3H3/t21-,26-,28-/m1/s1. The van der Waals surface area contributed by atoms with Crippen LogP contribution in [0.4, 0.5) is 11.4 Å². The van der Waals surface area contributed by atoms with E-state index in [1.807, 2.05) is 29.2 Å². The first kappa shape index (κ1) is 22.1. The topological polar surface area (TPSA) is 32.3 Å². The van der Waals surface area contributed by atoms with Crippen molar-refractivity contribution in [3.8, 4) is 0 Å². The van der Waals surface area contributed by atoms with Crippen molar-refractivity contribution in [2.45, 2.75) is 58.5 Å². The van der Waals surface area contributed by atoms with Gasteiger partial charge in [-0.3, -0.25) is 4.79 Å². The summed E-state index contributed by atoms with van der Waals surface area (Å²) in [5.41, 5.74) is 5.37. The molecule has 1 heterocycles. The lowest BCUT2D eigenvalue weighted by Gasteiger charge is -2.45. The fraction of sp³-hybridized carbons (Fsp3) is 0.345. The van der Waals surface area contributed by atoms with Gasteiger partial charge in [-0.2, -0.15) is 0 Å². The normalized spacial score (nSPS) is 20.0. The maximum absolute atomic E-state index is 13.8. The predicted octanol–water partition coefficient (Wildman–Crippen LogP) is 7.26. The Morgan fingerprint density at radius 3 is 2.28 bits per heavy atom. The lowest BCUT2D eigenvalue weighted by molar-refractivity contribution is 0.0960. The van der Waals surface area contributed by atoms with Gasteiger partial charge in [0.05, 0.1) is 6.04 Å². The number of carbonyl (C=O) groups is 1. The Hall–Kier alpha value is -3.07. The zero-order valence-electron chi connectivity index (χ0n) is 19.4. The van der Waals surface area contributed by atoms with E-state index in [0.717, 1.165) is 29.8 Å². The first-order valence-electron chi connectivity index (χ1n) is 12.0. The van der Waals surface area contributed by atoms with Gasteiger partial charge >= 0.3 is 0 Å². The molecule has 0 saturated heterocycles. The number of nitrogens with zero attached hydrogens (tertiary/aromatic N) is 1. The third kappa shape index (κ3) is 4.43. The van der Waals surface area contributed by atoms with Crippen molar-refractivity contribution < 1.29 is 4.79 Å². The summed E-state index contributed by atoms with van der Waals surface area (Å²) in [4.78, 5) is 15.8.